The summed E-state index contributed by atoms with van der Waals surface area (Å²) in [4.78, 5) is 18.4. The van der Waals surface area contributed by atoms with Crippen molar-refractivity contribution in [2.45, 2.75) is 13.8 Å². The van der Waals surface area contributed by atoms with E-state index in [0.717, 1.165) is 24.3 Å². The van der Waals surface area contributed by atoms with Crippen LogP contribution in [0, 0.1) is 11.3 Å². The molecule has 1 aliphatic rings. The van der Waals surface area contributed by atoms with Crippen LogP contribution in [-0.4, -0.2) is 50.1 Å². The Balaban J connectivity index is 1.98. The quantitative estimate of drug-likeness (QED) is 0.312. The van der Waals surface area contributed by atoms with Crippen molar-refractivity contribution in [1.29, 1.82) is 5.26 Å². The van der Waals surface area contributed by atoms with Gasteiger partial charge in [-0.05, 0) is 37.6 Å². The zero-order valence-corrected chi connectivity index (χ0v) is 15.6. The molecule has 0 bridgehead atoms. The molecule has 0 saturated carbocycles. The Hall–Kier alpha value is -2.91. The maximum atomic E-state index is 12.1. The fraction of sp³-hybridized carbons (Fsp3) is 0.350. The first-order valence-electron chi connectivity index (χ1n) is 8.72. The molecule has 0 radical (unpaired) electrons. The van der Waals surface area contributed by atoms with E-state index in [1.807, 2.05) is 43.6 Å². The van der Waals surface area contributed by atoms with Crippen molar-refractivity contribution in [3.05, 3.63) is 47.8 Å². The number of ether oxygens (including phenoxy) is 1. The van der Waals surface area contributed by atoms with Crippen LogP contribution in [0.15, 0.2) is 47.2 Å². The predicted octanol–water partition coefficient (Wildman–Crippen LogP) is 2.94. The van der Waals surface area contributed by atoms with Crippen LogP contribution in [0.5, 0.6) is 0 Å². The van der Waals surface area contributed by atoms with Gasteiger partial charge in [0.25, 0.3) is 0 Å². The third kappa shape index (κ3) is 5.04. The van der Waals surface area contributed by atoms with E-state index >= 15 is 0 Å². The third-order valence-corrected chi connectivity index (χ3v) is 4.30. The summed E-state index contributed by atoms with van der Waals surface area (Å²) in [6, 6.07) is 9.70. The van der Waals surface area contributed by atoms with Crippen molar-refractivity contribution in [2.75, 3.05) is 38.2 Å². The van der Waals surface area contributed by atoms with E-state index in [0.29, 0.717) is 11.0 Å². The predicted molar refractivity (Wildman–Crippen MR) is 103 cm³/mol. The van der Waals surface area contributed by atoms with Gasteiger partial charge in [0.15, 0.2) is 6.34 Å². The van der Waals surface area contributed by atoms with Crippen LogP contribution in [0.1, 0.15) is 19.4 Å². The average Bonchev–Trinajstić information content (AvgIpc) is 3.08. The number of carbonyl (C=O) groups is 1. The monoisotopic (exact) mass is 353 g/mol. The molecule has 2 rings (SSSR count). The lowest BCUT2D eigenvalue weighted by molar-refractivity contribution is -0.756. The van der Waals surface area contributed by atoms with Crippen molar-refractivity contribution in [3.63, 3.8) is 0 Å². The molecule has 0 N–H and O–H groups in total. The molecule has 0 aromatic heterocycles. The van der Waals surface area contributed by atoms with E-state index in [-0.39, 0.29) is 12.2 Å². The summed E-state index contributed by atoms with van der Waals surface area (Å²) >= 11 is 0. The molecule has 1 unspecified atom stereocenters. The summed E-state index contributed by atoms with van der Waals surface area (Å²) in [7, 11) is 1.96. The number of hydrogen-bond acceptors (Lipinski definition) is 5. The summed E-state index contributed by atoms with van der Waals surface area (Å²) in [6.07, 6.45) is 6.95. The minimum atomic E-state index is -0.605. The molecule has 6 heteroatoms. The molecule has 0 spiro atoms. The summed E-state index contributed by atoms with van der Waals surface area (Å²) in [6.45, 7) is 6.85. The molecule has 1 heterocycles. The minimum Gasteiger partial charge on any atom is -0.456 e. The number of nitrogens with zero attached hydrogens (tertiary/aromatic N) is 4. The van der Waals surface area contributed by atoms with E-state index in [4.69, 9.17) is 4.74 Å². The highest BCUT2D eigenvalue weighted by atomic mass is 16.5. The van der Waals surface area contributed by atoms with Gasteiger partial charge in [0, 0.05) is 18.8 Å². The maximum Gasteiger partial charge on any atom is 0.349 e. The van der Waals surface area contributed by atoms with E-state index < -0.39 is 5.97 Å². The van der Waals surface area contributed by atoms with E-state index in [1.54, 1.807) is 18.6 Å². The maximum absolute atomic E-state index is 12.1. The number of nitriles is 1. The molecule has 1 aromatic carbocycles. The molecule has 0 amide bonds. The van der Waals surface area contributed by atoms with Crippen LogP contribution >= 0.6 is 0 Å². The van der Waals surface area contributed by atoms with Gasteiger partial charge in [-0.25, -0.2) is 9.79 Å². The fourth-order valence-electron chi connectivity index (χ4n) is 2.64. The van der Waals surface area contributed by atoms with Crippen molar-refractivity contribution in [3.8, 4) is 6.07 Å². The van der Waals surface area contributed by atoms with Gasteiger partial charge in [0.2, 0.25) is 0 Å². The number of aliphatic imine (C=N–C) groups is 1. The second-order valence-corrected chi connectivity index (χ2v) is 6.20. The first-order valence-corrected chi connectivity index (χ1v) is 8.72. The first kappa shape index (κ1) is 19.4. The zero-order valence-electron chi connectivity index (χ0n) is 15.6. The molecular weight excluding hydrogens is 328 g/mol. The summed E-state index contributed by atoms with van der Waals surface area (Å²) in [5.74, 6) is -0.605. The number of likely N-dealkylation sites (N-methyl/N-ethyl adjacent to an activating group) is 1. The van der Waals surface area contributed by atoms with E-state index in [2.05, 4.69) is 23.7 Å². The van der Waals surface area contributed by atoms with Crippen LogP contribution < -0.4 is 4.90 Å². The van der Waals surface area contributed by atoms with Gasteiger partial charge in [-0.2, -0.15) is 5.26 Å². The molecule has 1 atom stereocenters. The Bertz CT molecular complexity index is 741. The van der Waals surface area contributed by atoms with E-state index in [1.165, 1.54) is 0 Å². The molecule has 0 fully saturated rings. The topological polar surface area (TPSA) is 65.7 Å². The number of quaternary nitrogens is 1. The molecule has 6 nitrogen and oxygen atoms in total. The number of benzene rings is 1. The third-order valence-electron chi connectivity index (χ3n) is 4.30. The van der Waals surface area contributed by atoms with Crippen molar-refractivity contribution in [1.82, 2.24) is 0 Å². The molecule has 136 valence electrons. The zero-order chi connectivity index (χ0) is 19.0. The van der Waals surface area contributed by atoms with Crippen LogP contribution in [0.2, 0.25) is 0 Å². The Morgan fingerprint density at radius 1 is 1.31 bits per heavy atom. The van der Waals surface area contributed by atoms with Crippen molar-refractivity contribution in [2.24, 2.45) is 4.99 Å². The van der Waals surface area contributed by atoms with Gasteiger partial charge in [-0.1, -0.05) is 12.1 Å². The summed E-state index contributed by atoms with van der Waals surface area (Å²) < 4.78 is 5.72. The van der Waals surface area contributed by atoms with Gasteiger partial charge >= 0.3 is 5.97 Å². The lowest BCUT2D eigenvalue weighted by Gasteiger charge is -2.21. The van der Waals surface area contributed by atoms with Crippen molar-refractivity contribution < 1.29 is 14.0 Å². The Morgan fingerprint density at radius 2 is 2.00 bits per heavy atom. The number of carbonyl (C=O) groups excluding carboxylic acids is 1. The smallest absolute Gasteiger partial charge is 0.349 e. The molecule has 0 saturated heterocycles. The SMILES string of the molecule is CCN(CC)c1ccc(/C=C(\C#N)C(=O)OCC[N+]2(C)C=CN=C2)cc1. The molecule has 1 aromatic rings. The average molecular weight is 353 g/mol. The molecular formula is C20H25N4O2+. The second kappa shape index (κ2) is 8.97. The van der Waals surface area contributed by atoms with Gasteiger partial charge in [0.05, 0.1) is 13.2 Å². The summed E-state index contributed by atoms with van der Waals surface area (Å²) in [5, 5.41) is 9.27. The van der Waals surface area contributed by atoms with Gasteiger partial charge in [-0.15, -0.1) is 0 Å². The highest BCUT2D eigenvalue weighted by Crippen LogP contribution is 2.17. The second-order valence-electron chi connectivity index (χ2n) is 6.20. The molecule has 26 heavy (non-hydrogen) atoms. The standard InChI is InChI=1S/C20H25N4O2/c1-4-23(5-2)19-8-6-17(7-9-19)14-18(15-21)20(25)26-13-12-24(3)11-10-22-16-24/h6-11,14,16H,4-5,12-13H2,1-3H3/q+1/b18-14+. The Kier molecular flexibility index (Phi) is 6.70. The van der Waals surface area contributed by atoms with Crippen molar-refractivity contribution >= 4 is 24.1 Å². The fourth-order valence-corrected chi connectivity index (χ4v) is 2.64. The van der Waals surface area contributed by atoms with Crippen LogP contribution in [0.3, 0.4) is 0 Å². The Labute approximate surface area is 154 Å². The molecule has 0 aliphatic carbocycles. The highest BCUT2D eigenvalue weighted by molar-refractivity contribution is 5.97. The largest absolute Gasteiger partial charge is 0.456 e. The first-order chi connectivity index (χ1) is 12.5. The Morgan fingerprint density at radius 3 is 2.54 bits per heavy atom. The number of anilines is 1. The number of rotatable bonds is 8. The number of hydrogen-bond donors (Lipinski definition) is 0. The van der Waals surface area contributed by atoms with Gasteiger partial charge in [0.1, 0.15) is 31.0 Å². The van der Waals surface area contributed by atoms with Crippen LogP contribution in [-0.2, 0) is 9.53 Å². The normalized spacial score (nSPS) is 18.6. The summed E-state index contributed by atoms with van der Waals surface area (Å²) in [5.41, 5.74) is 1.91. The van der Waals surface area contributed by atoms with Crippen LogP contribution in [0.4, 0.5) is 5.69 Å². The van der Waals surface area contributed by atoms with E-state index in [9.17, 15) is 10.1 Å². The van der Waals surface area contributed by atoms with Crippen LogP contribution in [0.25, 0.3) is 6.08 Å². The minimum absolute atomic E-state index is 0.00567. The molecule has 1 aliphatic heterocycles. The number of esters is 1. The lowest BCUT2D eigenvalue weighted by atomic mass is 10.1. The van der Waals surface area contributed by atoms with Gasteiger partial charge in [-0.3, -0.25) is 4.48 Å². The van der Waals surface area contributed by atoms with Gasteiger partial charge < -0.3 is 9.64 Å². The lowest BCUT2D eigenvalue weighted by Crippen LogP contribution is -2.38. The highest BCUT2D eigenvalue weighted by Gasteiger charge is 2.20.